The van der Waals surface area contributed by atoms with Crippen LogP contribution in [0.1, 0.15) is 68.1 Å². The number of hydrogen-bond donors (Lipinski definition) is 0. The first-order valence-electron chi connectivity index (χ1n) is 12.5. The number of hydrogen-bond acceptors (Lipinski definition) is 5. The Kier molecular flexibility index (Phi) is 6.32. The lowest BCUT2D eigenvalue weighted by molar-refractivity contribution is -0.140. The zero-order valence-corrected chi connectivity index (χ0v) is 21.1. The molecule has 4 atom stereocenters. The second-order valence-electron chi connectivity index (χ2n) is 10.5. The van der Waals surface area contributed by atoms with Gasteiger partial charge in [-0.3, -0.25) is 9.78 Å². The van der Waals surface area contributed by atoms with Gasteiger partial charge in [0.25, 0.3) is 0 Å². The van der Waals surface area contributed by atoms with Crippen LogP contribution in [-0.4, -0.2) is 32.2 Å². The number of rotatable bonds is 6. The van der Waals surface area contributed by atoms with E-state index in [-0.39, 0.29) is 35.8 Å². The van der Waals surface area contributed by atoms with Crippen molar-refractivity contribution in [2.75, 3.05) is 12.9 Å². The summed E-state index contributed by atoms with van der Waals surface area (Å²) in [6, 6.07) is 7.24. The summed E-state index contributed by atoms with van der Waals surface area (Å²) < 4.78 is 44.2. The number of carbonyl (C=O) groups excluding carboxylic acids is 1. The molecule has 186 valence electrons. The molecule has 1 saturated carbocycles. The summed E-state index contributed by atoms with van der Waals surface area (Å²) in [6.07, 6.45) is 10.6. The van der Waals surface area contributed by atoms with Crippen LogP contribution >= 0.6 is 0 Å². The Hall–Kier alpha value is -2.54. The average Bonchev–Trinajstić information content (AvgIpc) is 3.20. The SMILES string of the molecule is COC(=O)CCCS(=O)(=O)c1ccc2c(c1)CC[C@@H]1[C@@H]2CC[C@]2(C)C(c3cncc(F)c3)=CC[C@@H]12. The quantitative estimate of drug-likeness (QED) is 0.493. The minimum absolute atomic E-state index is 0.0110. The van der Waals surface area contributed by atoms with E-state index in [2.05, 4.69) is 22.7 Å². The summed E-state index contributed by atoms with van der Waals surface area (Å²) in [5, 5.41) is 0. The van der Waals surface area contributed by atoms with E-state index in [9.17, 15) is 17.6 Å². The fourth-order valence-electron chi connectivity index (χ4n) is 6.95. The third-order valence-corrected chi connectivity index (χ3v) is 10.5. The molecule has 7 heteroatoms. The first-order valence-corrected chi connectivity index (χ1v) is 14.1. The maximum atomic E-state index is 13.9. The van der Waals surface area contributed by atoms with Crippen LogP contribution in [0.4, 0.5) is 4.39 Å². The highest BCUT2D eigenvalue weighted by Gasteiger charge is 2.52. The molecule has 0 saturated heterocycles. The number of sulfone groups is 1. The van der Waals surface area contributed by atoms with E-state index in [4.69, 9.17) is 0 Å². The van der Waals surface area contributed by atoms with Crippen LogP contribution in [0.5, 0.6) is 0 Å². The van der Waals surface area contributed by atoms with Gasteiger partial charge in [0.2, 0.25) is 0 Å². The zero-order chi connectivity index (χ0) is 24.8. The van der Waals surface area contributed by atoms with Crippen LogP contribution in [0, 0.1) is 23.1 Å². The van der Waals surface area contributed by atoms with E-state index in [0.29, 0.717) is 22.6 Å². The largest absolute Gasteiger partial charge is 0.469 e. The molecule has 5 nitrogen and oxygen atoms in total. The van der Waals surface area contributed by atoms with Gasteiger partial charge in [0.05, 0.1) is 24.0 Å². The molecule has 0 spiro atoms. The number of ether oxygens (including phenoxy) is 1. The van der Waals surface area contributed by atoms with Gasteiger partial charge in [-0.05, 0) is 102 Å². The van der Waals surface area contributed by atoms with Crippen molar-refractivity contribution in [1.82, 2.24) is 4.98 Å². The van der Waals surface area contributed by atoms with E-state index in [1.54, 1.807) is 18.3 Å². The maximum Gasteiger partial charge on any atom is 0.305 e. The van der Waals surface area contributed by atoms with Crippen molar-refractivity contribution in [3.8, 4) is 0 Å². The van der Waals surface area contributed by atoms with E-state index in [1.165, 1.54) is 24.4 Å². The van der Waals surface area contributed by atoms with Gasteiger partial charge < -0.3 is 4.74 Å². The van der Waals surface area contributed by atoms with Gasteiger partial charge in [0.1, 0.15) is 5.82 Å². The lowest BCUT2D eigenvalue weighted by Crippen LogP contribution is -2.41. The van der Waals surface area contributed by atoms with Gasteiger partial charge >= 0.3 is 5.97 Å². The first-order chi connectivity index (χ1) is 16.7. The van der Waals surface area contributed by atoms with Gasteiger partial charge in [0.15, 0.2) is 9.84 Å². The summed E-state index contributed by atoms with van der Waals surface area (Å²) in [7, 11) is -2.14. The van der Waals surface area contributed by atoms with Gasteiger partial charge in [-0.25, -0.2) is 12.8 Å². The van der Waals surface area contributed by atoms with E-state index in [0.717, 1.165) is 43.2 Å². The second-order valence-corrected chi connectivity index (χ2v) is 12.6. The Morgan fingerprint density at radius 2 is 2.06 bits per heavy atom. The zero-order valence-electron chi connectivity index (χ0n) is 20.3. The molecule has 3 aliphatic carbocycles. The van der Waals surface area contributed by atoms with E-state index < -0.39 is 9.84 Å². The number of pyridine rings is 1. The number of halogens is 1. The molecule has 1 fully saturated rings. The van der Waals surface area contributed by atoms with Crippen molar-refractivity contribution in [3.63, 3.8) is 0 Å². The van der Waals surface area contributed by atoms with Crippen LogP contribution in [0.25, 0.3) is 5.57 Å². The summed E-state index contributed by atoms with van der Waals surface area (Å²) >= 11 is 0. The third kappa shape index (κ3) is 4.32. The number of carbonyl (C=O) groups is 1. The highest BCUT2D eigenvalue weighted by molar-refractivity contribution is 7.91. The Morgan fingerprint density at radius 3 is 2.83 bits per heavy atom. The molecule has 1 aromatic carbocycles. The number of benzene rings is 1. The van der Waals surface area contributed by atoms with Gasteiger partial charge in [-0.1, -0.05) is 19.1 Å². The third-order valence-electron chi connectivity index (χ3n) is 8.68. The maximum absolute atomic E-state index is 13.9. The van der Waals surface area contributed by atoms with Crippen LogP contribution in [-0.2, 0) is 25.8 Å². The summed E-state index contributed by atoms with van der Waals surface area (Å²) in [4.78, 5) is 15.8. The molecule has 0 unspecified atom stereocenters. The molecular weight excluding hydrogens is 465 g/mol. The van der Waals surface area contributed by atoms with Crippen LogP contribution < -0.4 is 0 Å². The molecule has 0 bridgehead atoms. The summed E-state index contributed by atoms with van der Waals surface area (Å²) in [5.74, 6) is 0.697. The van der Waals surface area contributed by atoms with E-state index in [1.807, 2.05) is 12.1 Å². The molecule has 3 aliphatic rings. The normalized spacial score (nSPS) is 27.4. The number of fused-ring (bicyclic) bond motifs is 5. The van der Waals surface area contributed by atoms with E-state index >= 15 is 0 Å². The van der Waals surface area contributed by atoms with Crippen molar-refractivity contribution in [2.24, 2.45) is 17.3 Å². The average molecular weight is 498 g/mol. The van der Waals surface area contributed by atoms with Gasteiger partial charge in [-0.2, -0.15) is 0 Å². The summed E-state index contributed by atoms with van der Waals surface area (Å²) in [5.41, 5.74) is 4.57. The van der Waals surface area contributed by atoms with Gasteiger partial charge in [0, 0.05) is 12.6 Å². The van der Waals surface area contributed by atoms with Crippen molar-refractivity contribution in [1.29, 1.82) is 0 Å². The molecule has 2 aromatic rings. The number of esters is 1. The van der Waals surface area contributed by atoms with Crippen molar-refractivity contribution in [3.05, 3.63) is 65.2 Å². The molecular formula is C28H32FNO4S. The molecule has 1 heterocycles. The number of allylic oxidation sites excluding steroid dienone is 2. The molecule has 5 rings (SSSR count). The lowest BCUT2D eigenvalue weighted by atomic mass is 9.54. The number of aromatic nitrogens is 1. The predicted molar refractivity (Wildman–Crippen MR) is 132 cm³/mol. The molecule has 35 heavy (non-hydrogen) atoms. The fraction of sp³-hybridized carbons (Fsp3) is 0.500. The topological polar surface area (TPSA) is 73.3 Å². The Balaban J connectivity index is 1.35. The smallest absolute Gasteiger partial charge is 0.305 e. The predicted octanol–water partition coefficient (Wildman–Crippen LogP) is 5.50. The van der Waals surface area contributed by atoms with Crippen molar-refractivity contribution < 1.29 is 22.3 Å². The lowest BCUT2D eigenvalue weighted by Gasteiger charge is -2.50. The molecule has 0 N–H and O–H groups in total. The molecule has 1 aromatic heterocycles. The highest BCUT2D eigenvalue weighted by Crippen LogP contribution is 2.63. The Bertz CT molecular complexity index is 1290. The van der Waals surface area contributed by atoms with Crippen LogP contribution in [0.15, 0.2) is 47.6 Å². The van der Waals surface area contributed by atoms with Crippen molar-refractivity contribution in [2.45, 2.75) is 62.7 Å². The number of methoxy groups -OCH3 is 1. The fourth-order valence-corrected chi connectivity index (χ4v) is 8.31. The molecule has 0 aliphatic heterocycles. The number of aryl methyl sites for hydroxylation is 1. The van der Waals surface area contributed by atoms with Gasteiger partial charge in [-0.15, -0.1) is 0 Å². The highest BCUT2D eigenvalue weighted by atomic mass is 32.2. The van der Waals surface area contributed by atoms with Crippen molar-refractivity contribution >= 4 is 21.4 Å². The Labute approximate surface area is 206 Å². The first kappa shape index (κ1) is 24.2. The Morgan fingerprint density at radius 1 is 1.23 bits per heavy atom. The molecule has 0 amide bonds. The van der Waals surface area contributed by atoms with Crippen LogP contribution in [0.3, 0.4) is 0 Å². The number of nitrogens with zero attached hydrogens (tertiary/aromatic N) is 1. The summed E-state index contributed by atoms with van der Waals surface area (Å²) in [6.45, 7) is 2.33. The second kappa shape index (κ2) is 9.16. The minimum atomic E-state index is -3.45. The minimum Gasteiger partial charge on any atom is -0.469 e. The monoisotopic (exact) mass is 497 g/mol. The standard InChI is InChI=1S/C28H32FNO4S/c1-28-12-11-23-22-8-6-21(35(32,33)13-3-4-27(31)34-2)15-18(22)5-7-24(23)26(28)10-9-25(28)19-14-20(29)17-30-16-19/h6,8-9,14-17,23-24,26H,3-5,7,10-13H2,1-2H3/t23-,24-,26+,28-/m1/s1. The van der Waals surface area contributed by atoms with Crippen LogP contribution in [0.2, 0.25) is 0 Å². The molecule has 0 radical (unpaired) electrons.